The molecule has 1 atom stereocenters. The van der Waals surface area contributed by atoms with Gasteiger partial charge in [0, 0.05) is 31.7 Å². The van der Waals surface area contributed by atoms with E-state index < -0.39 is 25.1 Å². The molecule has 1 amide bonds. The van der Waals surface area contributed by atoms with Gasteiger partial charge >= 0.3 is 0 Å². The van der Waals surface area contributed by atoms with Crippen LogP contribution in [-0.2, 0) is 19.9 Å². The molecule has 0 aliphatic carbocycles. The highest BCUT2D eigenvalue weighted by Gasteiger charge is 2.41. The van der Waals surface area contributed by atoms with Crippen LogP contribution < -0.4 is 0 Å². The lowest BCUT2D eigenvalue weighted by Gasteiger charge is -2.34. The number of piperazine rings is 1. The average Bonchev–Trinajstić information content (AvgIpc) is 3.35. The fourth-order valence-corrected chi connectivity index (χ4v) is 8.24. The zero-order chi connectivity index (χ0) is 21.5. The lowest BCUT2D eigenvalue weighted by molar-refractivity contribution is 0.0666. The minimum atomic E-state index is -3.72. The number of furan rings is 1. The van der Waals surface area contributed by atoms with Crippen molar-refractivity contribution in [2.45, 2.75) is 11.7 Å². The van der Waals surface area contributed by atoms with Crippen LogP contribution in [0.4, 0.5) is 4.39 Å². The highest BCUT2D eigenvalue weighted by atomic mass is 32.2. The summed E-state index contributed by atoms with van der Waals surface area (Å²) in [7, 11) is -7.02. The molecule has 2 aliphatic heterocycles. The van der Waals surface area contributed by atoms with Crippen molar-refractivity contribution >= 4 is 25.8 Å². The van der Waals surface area contributed by atoms with Gasteiger partial charge in [0.2, 0.25) is 10.0 Å². The number of rotatable bonds is 4. The van der Waals surface area contributed by atoms with Gasteiger partial charge in [-0.05, 0) is 42.8 Å². The third-order valence-electron chi connectivity index (χ3n) is 5.44. The molecule has 30 heavy (non-hydrogen) atoms. The van der Waals surface area contributed by atoms with Crippen molar-refractivity contribution in [3.05, 3.63) is 48.0 Å². The molecule has 11 heteroatoms. The first-order valence-electron chi connectivity index (χ1n) is 9.50. The van der Waals surface area contributed by atoms with E-state index in [0.717, 1.165) is 0 Å². The summed E-state index contributed by atoms with van der Waals surface area (Å²) in [5.74, 6) is -0.625. The lowest BCUT2D eigenvalue weighted by Crippen LogP contribution is -2.52. The van der Waals surface area contributed by atoms with Crippen LogP contribution in [0.15, 0.2) is 40.8 Å². The van der Waals surface area contributed by atoms with Crippen LogP contribution in [0.25, 0.3) is 11.3 Å². The van der Waals surface area contributed by atoms with E-state index in [-0.39, 0.29) is 61.6 Å². The Labute approximate surface area is 174 Å². The fourth-order valence-electron chi connectivity index (χ4n) is 3.73. The van der Waals surface area contributed by atoms with Crippen molar-refractivity contribution < 1.29 is 30.4 Å². The SMILES string of the molecule is O=C(c1ccc(-c2ccc(F)cc2)o1)N1CCN(S(=O)(=O)C2CCS(=O)(=O)C2)CC1. The normalized spacial score (nSPS) is 22.3. The van der Waals surface area contributed by atoms with Crippen molar-refractivity contribution in [3.63, 3.8) is 0 Å². The number of hydrogen-bond donors (Lipinski definition) is 0. The van der Waals surface area contributed by atoms with E-state index >= 15 is 0 Å². The van der Waals surface area contributed by atoms with Crippen LogP contribution in [0.3, 0.4) is 0 Å². The summed E-state index contributed by atoms with van der Waals surface area (Å²) in [5.41, 5.74) is 0.637. The minimum absolute atomic E-state index is 0.107. The van der Waals surface area contributed by atoms with Crippen LogP contribution in [0.1, 0.15) is 17.0 Å². The molecule has 8 nitrogen and oxygen atoms in total. The first-order valence-corrected chi connectivity index (χ1v) is 12.8. The molecule has 1 unspecified atom stereocenters. The molecule has 1 aromatic heterocycles. The smallest absolute Gasteiger partial charge is 0.289 e. The molecule has 3 heterocycles. The van der Waals surface area contributed by atoms with Crippen molar-refractivity contribution in [2.24, 2.45) is 0 Å². The molecular weight excluding hydrogens is 435 g/mol. The summed E-state index contributed by atoms with van der Waals surface area (Å²) in [5, 5.41) is -0.909. The van der Waals surface area contributed by atoms with Gasteiger partial charge in [0.25, 0.3) is 5.91 Å². The van der Waals surface area contributed by atoms with Gasteiger partial charge in [0.1, 0.15) is 11.6 Å². The molecule has 1 aromatic carbocycles. The molecular formula is C19H21FN2O6S2. The Morgan fingerprint density at radius 2 is 1.70 bits per heavy atom. The Hall–Kier alpha value is -2.24. The van der Waals surface area contributed by atoms with Crippen LogP contribution in [0.5, 0.6) is 0 Å². The number of benzene rings is 1. The largest absolute Gasteiger partial charge is 0.451 e. The molecule has 4 rings (SSSR count). The van der Waals surface area contributed by atoms with Gasteiger partial charge < -0.3 is 9.32 Å². The number of carbonyl (C=O) groups is 1. The number of halogens is 1. The van der Waals surface area contributed by atoms with E-state index in [0.29, 0.717) is 11.3 Å². The second kappa shape index (κ2) is 7.78. The summed E-state index contributed by atoms with van der Waals surface area (Å²) < 4.78 is 68.6. The maximum atomic E-state index is 13.1. The minimum Gasteiger partial charge on any atom is -0.451 e. The number of sulfone groups is 1. The second-order valence-electron chi connectivity index (χ2n) is 7.43. The number of hydrogen-bond acceptors (Lipinski definition) is 6. The number of nitrogens with zero attached hydrogens (tertiary/aromatic N) is 2. The molecule has 0 spiro atoms. The molecule has 2 fully saturated rings. The predicted octanol–water partition coefficient (Wildman–Crippen LogP) is 1.36. The lowest BCUT2D eigenvalue weighted by atomic mass is 10.2. The van der Waals surface area contributed by atoms with Crippen molar-refractivity contribution in [1.29, 1.82) is 0 Å². The molecule has 0 saturated carbocycles. The molecule has 0 bridgehead atoms. The van der Waals surface area contributed by atoms with Gasteiger partial charge in [0.05, 0.1) is 16.8 Å². The maximum Gasteiger partial charge on any atom is 0.289 e. The topological polar surface area (TPSA) is 105 Å². The van der Waals surface area contributed by atoms with E-state index in [2.05, 4.69) is 0 Å². The number of amides is 1. The highest BCUT2D eigenvalue weighted by Crippen LogP contribution is 2.25. The second-order valence-corrected chi connectivity index (χ2v) is 11.9. The van der Waals surface area contributed by atoms with Crippen LogP contribution in [0, 0.1) is 5.82 Å². The van der Waals surface area contributed by atoms with E-state index in [4.69, 9.17) is 4.42 Å². The first-order chi connectivity index (χ1) is 14.2. The standard InChI is InChI=1S/C19H21FN2O6S2/c20-15-3-1-14(2-4-15)17-5-6-18(28-17)19(23)21-8-10-22(11-9-21)30(26,27)16-7-12-29(24,25)13-16/h1-6,16H,7-13H2. The molecule has 2 saturated heterocycles. The first kappa shape index (κ1) is 21.0. The Balaban J connectivity index is 1.40. The Kier molecular flexibility index (Phi) is 5.45. The molecule has 0 N–H and O–H groups in total. The summed E-state index contributed by atoms with van der Waals surface area (Å²) in [4.78, 5) is 14.2. The number of sulfonamides is 1. The zero-order valence-corrected chi connectivity index (χ0v) is 17.7. The quantitative estimate of drug-likeness (QED) is 0.688. The van der Waals surface area contributed by atoms with E-state index in [1.807, 2.05) is 0 Å². The van der Waals surface area contributed by atoms with Crippen molar-refractivity contribution in [2.75, 3.05) is 37.7 Å². The van der Waals surface area contributed by atoms with Crippen molar-refractivity contribution in [3.8, 4) is 11.3 Å². The zero-order valence-electron chi connectivity index (χ0n) is 16.0. The fraction of sp³-hybridized carbons (Fsp3) is 0.421. The Morgan fingerprint density at radius 3 is 2.30 bits per heavy atom. The highest BCUT2D eigenvalue weighted by molar-refractivity contribution is 7.95. The summed E-state index contributed by atoms with van der Waals surface area (Å²) in [6.07, 6.45) is 0.113. The Morgan fingerprint density at radius 1 is 1.03 bits per heavy atom. The van der Waals surface area contributed by atoms with Gasteiger partial charge in [-0.2, -0.15) is 4.31 Å². The monoisotopic (exact) mass is 456 g/mol. The number of carbonyl (C=O) groups excluding carboxylic acids is 1. The van der Waals surface area contributed by atoms with Crippen molar-refractivity contribution in [1.82, 2.24) is 9.21 Å². The van der Waals surface area contributed by atoms with Gasteiger partial charge in [0.15, 0.2) is 15.6 Å². The third kappa shape index (κ3) is 4.14. The van der Waals surface area contributed by atoms with Gasteiger partial charge in [-0.25, -0.2) is 21.2 Å². The summed E-state index contributed by atoms with van der Waals surface area (Å²) in [6.45, 7) is 0.584. The van der Waals surface area contributed by atoms with Gasteiger partial charge in [-0.1, -0.05) is 0 Å². The van der Waals surface area contributed by atoms with Gasteiger partial charge in [-0.3, -0.25) is 4.79 Å². The predicted molar refractivity (Wildman–Crippen MR) is 108 cm³/mol. The Bertz CT molecular complexity index is 1150. The average molecular weight is 457 g/mol. The summed E-state index contributed by atoms with van der Waals surface area (Å²) >= 11 is 0. The molecule has 2 aliphatic rings. The van der Waals surface area contributed by atoms with E-state index in [1.54, 1.807) is 18.2 Å². The van der Waals surface area contributed by atoms with Crippen LogP contribution in [0.2, 0.25) is 0 Å². The molecule has 162 valence electrons. The van der Waals surface area contributed by atoms with E-state index in [1.165, 1.54) is 27.4 Å². The maximum absolute atomic E-state index is 13.1. The van der Waals surface area contributed by atoms with Gasteiger partial charge in [-0.15, -0.1) is 0 Å². The van der Waals surface area contributed by atoms with E-state index in [9.17, 15) is 26.0 Å². The molecule has 2 aromatic rings. The van der Waals surface area contributed by atoms with Crippen LogP contribution in [-0.4, -0.2) is 74.9 Å². The molecule has 0 radical (unpaired) electrons. The van der Waals surface area contributed by atoms with Crippen LogP contribution >= 0.6 is 0 Å². The third-order valence-corrected chi connectivity index (χ3v) is 9.75. The summed E-state index contributed by atoms with van der Waals surface area (Å²) in [6, 6.07) is 8.86.